The van der Waals surface area contributed by atoms with Crippen molar-refractivity contribution in [1.29, 1.82) is 0 Å². The molecular weight excluding hydrogens is 361 g/mol. The number of nitrogens with zero attached hydrogens (tertiary/aromatic N) is 1. The van der Waals surface area contributed by atoms with Gasteiger partial charge in [-0.2, -0.15) is 0 Å². The van der Waals surface area contributed by atoms with Gasteiger partial charge in [0.25, 0.3) is 5.91 Å². The van der Waals surface area contributed by atoms with Gasteiger partial charge < -0.3 is 9.80 Å². The van der Waals surface area contributed by atoms with Crippen molar-refractivity contribution in [3.63, 3.8) is 0 Å². The number of nitrogens with one attached hydrogen (secondary N) is 2. The van der Waals surface area contributed by atoms with Crippen LogP contribution in [0.5, 0.6) is 0 Å². The maximum Gasteiger partial charge on any atom is 0.285 e. The second kappa shape index (κ2) is 7.52. The third-order valence-electron chi connectivity index (χ3n) is 5.47. The zero-order valence-electron chi connectivity index (χ0n) is 15.3. The summed E-state index contributed by atoms with van der Waals surface area (Å²) in [6.45, 7) is 3.11. The molecule has 2 saturated heterocycles. The van der Waals surface area contributed by atoms with Crippen LogP contribution in [-0.2, 0) is 9.59 Å². The molecule has 144 valence electrons. The number of anilines is 1. The number of carbonyl (C=O) groups excluding carboxylic acids is 3. The van der Waals surface area contributed by atoms with E-state index in [1.807, 2.05) is 12.1 Å². The summed E-state index contributed by atoms with van der Waals surface area (Å²) in [4.78, 5) is 39.1. The Morgan fingerprint density at radius 2 is 1.54 bits per heavy atom. The number of carbonyl (C=O) groups is 3. The van der Waals surface area contributed by atoms with Gasteiger partial charge in [0.2, 0.25) is 5.91 Å². The van der Waals surface area contributed by atoms with Gasteiger partial charge in [0, 0.05) is 16.8 Å². The summed E-state index contributed by atoms with van der Waals surface area (Å²) in [5, 5.41) is 2.38. The molecule has 2 N–H and O–H groups in total. The maximum absolute atomic E-state index is 13.0. The number of hydrogen-bond acceptors (Lipinski definition) is 4. The first-order valence-electron chi connectivity index (χ1n) is 9.35. The van der Waals surface area contributed by atoms with E-state index in [1.165, 1.54) is 24.3 Å². The first-order valence-corrected chi connectivity index (χ1v) is 9.35. The minimum atomic E-state index is -0.368. The molecule has 2 fully saturated rings. The molecule has 0 aliphatic carbocycles. The fourth-order valence-corrected chi connectivity index (χ4v) is 3.88. The Kier molecular flexibility index (Phi) is 4.92. The summed E-state index contributed by atoms with van der Waals surface area (Å²) >= 11 is 0. The molecular formula is C21H21FN3O3+. The predicted molar refractivity (Wildman–Crippen MR) is 101 cm³/mol. The van der Waals surface area contributed by atoms with Crippen molar-refractivity contribution in [3.8, 4) is 0 Å². The largest absolute Gasteiger partial charge is 0.360 e. The molecule has 0 unspecified atom stereocenters. The predicted octanol–water partition coefficient (Wildman–Crippen LogP) is 0.177. The highest BCUT2D eigenvalue weighted by atomic mass is 19.1. The van der Waals surface area contributed by atoms with Crippen molar-refractivity contribution in [1.82, 2.24) is 5.32 Å². The summed E-state index contributed by atoms with van der Waals surface area (Å²) in [6, 6.07) is 12.6. The van der Waals surface area contributed by atoms with Crippen LogP contribution in [0.1, 0.15) is 22.3 Å². The molecule has 0 bridgehead atoms. The van der Waals surface area contributed by atoms with Crippen LogP contribution in [0.2, 0.25) is 0 Å². The van der Waals surface area contributed by atoms with E-state index in [4.69, 9.17) is 0 Å². The van der Waals surface area contributed by atoms with E-state index in [0.29, 0.717) is 11.1 Å². The number of halogens is 1. The molecule has 0 saturated carbocycles. The minimum absolute atomic E-state index is 0.141. The molecule has 28 heavy (non-hydrogen) atoms. The molecule has 2 amide bonds. The van der Waals surface area contributed by atoms with Gasteiger partial charge >= 0.3 is 0 Å². The lowest BCUT2D eigenvalue weighted by atomic mass is 10.0. The molecule has 7 heteroatoms. The number of hydrogen-bond donors (Lipinski definition) is 2. The summed E-state index contributed by atoms with van der Waals surface area (Å²) in [5.74, 6) is -0.867. The van der Waals surface area contributed by atoms with Crippen LogP contribution in [0.15, 0.2) is 48.5 Å². The maximum atomic E-state index is 13.0. The lowest BCUT2D eigenvalue weighted by Crippen LogP contribution is -3.19. The van der Waals surface area contributed by atoms with Gasteiger partial charge in [0.15, 0.2) is 11.8 Å². The molecule has 2 aliphatic rings. The molecule has 0 aromatic heterocycles. The number of amides is 2. The Balaban J connectivity index is 1.38. The van der Waals surface area contributed by atoms with Crippen molar-refractivity contribution < 1.29 is 23.7 Å². The second-order valence-electron chi connectivity index (χ2n) is 7.20. The van der Waals surface area contributed by atoms with Crippen molar-refractivity contribution in [3.05, 3.63) is 65.5 Å². The molecule has 6 nitrogen and oxygen atoms in total. The van der Waals surface area contributed by atoms with Gasteiger partial charge in [-0.05, 0) is 48.5 Å². The first-order chi connectivity index (χ1) is 13.5. The minimum Gasteiger partial charge on any atom is -0.360 e. The van der Waals surface area contributed by atoms with E-state index >= 15 is 0 Å². The normalized spacial score (nSPS) is 20.3. The van der Waals surface area contributed by atoms with Crippen LogP contribution < -0.4 is 15.1 Å². The van der Waals surface area contributed by atoms with E-state index in [9.17, 15) is 18.8 Å². The van der Waals surface area contributed by atoms with Gasteiger partial charge in [-0.15, -0.1) is 0 Å². The summed E-state index contributed by atoms with van der Waals surface area (Å²) in [5.41, 5.74) is 2.03. The van der Waals surface area contributed by atoms with E-state index < -0.39 is 0 Å². The smallest absolute Gasteiger partial charge is 0.285 e. The van der Waals surface area contributed by atoms with E-state index in [2.05, 4.69) is 10.2 Å². The monoisotopic (exact) mass is 382 g/mol. The van der Waals surface area contributed by atoms with Crippen molar-refractivity contribution in [2.45, 2.75) is 12.5 Å². The molecule has 2 aliphatic heterocycles. The Morgan fingerprint density at radius 3 is 2.07 bits per heavy atom. The highest BCUT2D eigenvalue weighted by Crippen LogP contribution is 2.18. The number of quaternary nitrogens is 1. The van der Waals surface area contributed by atoms with Crippen LogP contribution in [0, 0.1) is 5.82 Å². The Hall–Kier alpha value is -3.06. The SMILES string of the molecule is O=C1C[C@H]([NH+]2CCN(c3ccc(C(=O)c4ccc(F)cc4)cc3)CC2)C(=O)N1. The van der Waals surface area contributed by atoms with Crippen molar-refractivity contribution >= 4 is 23.3 Å². The number of rotatable bonds is 4. The third kappa shape index (κ3) is 3.66. The molecule has 0 radical (unpaired) electrons. The summed E-state index contributed by atoms with van der Waals surface area (Å²) in [7, 11) is 0. The second-order valence-corrected chi connectivity index (χ2v) is 7.20. The quantitative estimate of drug-likeness (QED) is 0.585. The lowest BCUT2D eigenvalue weighted by molar-refractivity contribution is -0.915. The van der Waals surface area contributed by atoms with E-state index in [0.717, 1.165) is 36.8 Å². The number of benzene rings is 2. The third-order valence-corrected chi connectivity index (χ3v) is 5.47. The van der Waals surface area contributed by atoms with E-state index in [-0.39, 0.29) is 35.9 Å². The van der Waals surface area contributed by atoms with Gasteiger partial charge in [-0.1, -0.05) is 0 Å². The van der Waals surface area contributed by atoms with E-state index in [1.54, 1.807) is 12.1 Å². The summed E-state index contributed by atoms with van der Waals surface area (Å²) < 4.78 is 13.0. The standard InChI is InChI=1S/C21H20FN3O3/c22-16-5-1-14(2-6-16)20(27)15-3-7-17(8-4-15)24-9-11-25(12-10-24)18-13-19(26)23-21(18)28/h1-8,18H,9-13H2,(H,23,26,28)/p+1/t18-/m0/s1. The highest BCUT2D eigenvalue weighted by Gasteiger charge is 2.40. The molecule has 2 aromatic rings. The zero-order valence-corrected chi connectivity index (χ0v) is 15.3. The lowest BCUT2D eigenvalue weighted by Gasteiger charge is -2.35. The number of imide groups is 1. The van der Waals surface area contributed by atoms with Crippen molar-refractivity contribution in [2.24, 2.45) is 0 Å². The van der Waals surface area contributed by atoms with Gasteiger partial charge in [-0.25, -0.2) is 4.39 Å². The Bertz CT molecular complexity index is 903. The van der Waals surface area contributed by atoms with Crippen LogP contribution in [0.25, 0.3) is 0 Å². The molecule has 2 heterocycles. The topological polar surface area (TPSA) is 70.9 Å². The molecule has 1 atom stereocenters. The van der Waals surface area contributed by atoms with Gasteiger partial charge in [0.05, 0.1) is 32.6 Å². The Labute approximate surface area is 161 Å². The average Bonchev–Trinajstić information content (AvgIpc) is 3.06. The van der Waals surface area contributed by atoms with Gasteiger partial charge in [0.1, 0.15) is 5.82 Å². The molecule has 0 spiro atoms. The zero-order chi connectivity index (χ0) is 19.7. The highest BCUT2D eigenvalue weighted by molar-refractivity contribution is 6.09. The average molecular weight is 382 g/mol. The van der Waals surface area contributed by atoms with Crippen LogP contribution in [0.4, 0.5) is 10.1 Å². The molecule has 4 rings (SSSR count). The van der Waals surface area contributed by atoms with Crippen molar-refractivity contribution in [2.75, 3.05) is 31.1 Å². The first kappa shape index (κ1) is 18.3. The fraction of sp³-hybridized carbons (Fsp3) is 0.286. The molecule has 2 aromatic carbocycles. The van der Waals surface area contributed by atoms with Crippen LogP contribution >= 0.6 is 0 Å². The Morgan fingerprint density at radius 1 is 0.964 bits per heavy atom. The van der Waals surface area contributed by atoms with Gasteiger partial charge in [-0.3, -0.25) is 19.7 Å². The number of ketones is 1. The van der Waals surface area contributed by atoms with Crippen LogP contribution in [0.3, 0.4) is 0 Å². The fourth-order valence-electron chi connectivity index (χ4n) is 3.88. The number of piperazine rings is 1. The summed E-state index contributed by atoms with van der Waals surface area (Å²) in [6.07, 6.45) is 0.272. The van der Waals surface area contributed by atoms with Crippen LogP contribution in [-0.4, -0.2) is 49.8 Å².